The number of rotatable bonds is 7. The van der Waals surface area contributed by atoms with Crippen molar-refractivity contribution in [1.29, 1.82) is 0 Å². The molecule has 1 aliphatic heterocycles. The van der Waals surface area contributed by atoms with Crippen LogP contribution in [-0.4, -0.2) is 58.1 Å². The van der Waals surface area contributed by atoms with Crippen LogP contribution in [0.4, 0.5) is 17.6 Å². The molecule has 5 rings (SSSR count). The molecule has 4 aromatic rings. The highest BCUT2D eigenvalue weighted by atomic mass is 35.5. The Morgan fingerprint density at radius 3 is 2.60 bits per heavy atom. The highest BCUT2D eigenvalue weighted by molar-refractivity contribution is 6.31. The van der Waals surface area contributed by atoms with Gasteiger partial charge in [0, 0.05) is 35.3 Å². The molecule has 2 aromatic heterocycles. The lowest BCUT2D eigenvalue weighted by Crippen LogP contribution is -2.51. The van der Waals surface area contributed by atoms with Gasteiger partial charge in [0.05, 0.1) is 24.4 Å². The van der Waals surface area contributed by atoms with Gasteiger partial charge < -0.3 is 25.6 Å². The van der Waals surface area contributed by atoms with E-state index in [0.717, 1.165) is 18.2 Å². The van der Waals surface area contributed by atoms with Crippen molar-refractivity contribution >= 4 is 34.3 Å². The van der Waals surface area contributed by atoms with Gasteiger partial charge in [-0.05, 0) is 43.3 Å². The largest absolute Gasteiger partial charge is 0.494 e. The number of carbonyl (C=O) groups is 2. The van der Waals surface area contributed by atoms with Crippen LogP contribution in [0.15, 0.2) is 42.6 Å². The van der Waals surface area contributed by atoms with E-state index in [-0.39, 0.29) is 45.5 Å². The minimum absolute atomic E-state index is 0.0450. The van der Waals surface area contributed by atoms with Crippen LogP contribution in [0.2, 0.25) is 5.02 Å². The molecule has 0 spiro atoms. The predicted molar refractivity (Wildman–Crippen MR) is 146 cm³/mol. The van der Waals surface area contributed by atoms with Gasteiger partial charge in [-0.1, -0.05) is 11.6 Å². The SMILES string of the molecule is COc1cc(C(=O)NCC(O)(c2cc3c(c(-c4ccc(F)c(Cl)c4)n2)OC[C@]3(C)C(N)=O)C(F)(F)F)cc2cn(C)nc12. The third-order valence-corrected chi connectivity index (χ3v) is 7.67. The number of methoxy groups -OCH3 is 1. The van der Waals surface area contributed by atoms with Crippen molar-refractivity contribution in [3.63, 3.8) is 0 Å². The molecule has 0 saturated carbocycles. The van der Waals surface area contributed by atoms with Crippen LogP contribution < -0.4 is 20.5 Å². The second-order valence-corrected chi connectivity index (χ2v) is 10.7. The fourth-order valence-corrected chi connectivity index (χ4v) is 4.97. The third-order valence-electron chi connectivity index (χ3n) is 7.38. The minimum Gasteiger partial charge on any atom is -0.494 e. The molecule has 2 aromatic carbocycles. The summed E-state index contributed by atoms with van der Waals surface area (Å²) in [5, 5.41) is 17.7. The number of primary amides is 1. The normalized spacial score (nSPS) is 17.7. The van der Waals surface area contributed by atoms with Gasteiger partial charge in [0.25, 0.3) is 5.91 Å². The minimum atomic E-state index is -5.38. The number of hydrogen-bond donors (Lipinski definition) is 3. The number of nitrogens with one attached hydrogen (secondary N) is 1. The van der Waals surface area contributed by atoms with Gasteiger partial charge in [0.15, 0.2) is 0 Å². The number of ether oxygens (including phenoxy) is 2. The first kappa shape index (κ1) is 30.0. The average Bonchev–Trinajstić information content (AvgIpc) is 3.51. The van der Waals surface area contributed by atoms with Crippen LogP contribution in [0.25, 0.3) is 22.2 Å². The second kappa shape index (κ2) is 10.4. The zero-order valence-electron chi connectivity index (χ0n) is 22.8. The maximum atomic E-state index is 14.7. The number of benzene rings is 2. The van der Waals surface area contributed by atoms with E-state index in [1.165, 1.54) is 36.9 Å². The number of alkyl halides is 3. The summed E-state index contributed by atoms with van der Waals surface area (Å²) in [6.07, 6.45) is -3.79. The lowest BCUT2D eigenvalue weighted by Gasteiger charge is -2.31. The molecular weight excluding hydrogens is 598 g/mol. The smallest absolute Gasteiger partial charge is 0.424 e. The third kappa shape index (κ3) is 4.99. The molecule has 1 unspecified atom stereocenters. The number of amides is 2. The van der Waals surface area contributed by atoms with Crippen molar-refractivity contribution in [1.82, 2.24) is 20.1 Å². The molecular formula is C28H24ClF4N5O5. The fraction of sp³-hybridized carbons (Fsp3) is 0.286. The Bertz CT molecular complexity index is 1800. The first-order valence-corrected chi connectivity index (χ1v) is 13.0. The van der Waals surface area contributed by atoms with E-state index in [9.17, 15) is 32.3 Å². The Kier molecular flexibility index (Phi) is 7.25. The molecule has 10 nitrogen and oxygen atoms in total. The highest BCUT2D eigenvalue weighted by Crippen LogP contribution is 2.48. The second-order valence-electron chi connectivity index (χ2n) is 10.3. The Labute approximate surface area is 246 Å². The van der Waals surface area contributed by atoms with Gasteiger partial charge >= 0.3 is 6.18 Å². The first-order valence-electron chi connectivity index (χ1n) is 12.6. The van der Waals surface area contributed by atoms with Gasteiger partial charge in [-0.3, -0.25) is 14.3 Å². The van der Waals surface area contributed by atoms with Gasteiger partial charge in [0.1, 0.15) is 40.5 Å². The van der Waals surface area contributed by atoms with Gasteiger partial charge in [-0.2, -0.15) is 18.3 Å². The van der Waals surface area contributed by atoms with E-state index < -0.39 is 47.1 Å². The molecule has 0 radical (unpaired) electrons. The molecule has 0 aliphatic carbocycles. The lowest BCUT2D eigenvalue weighted by molar-refractivity contribution is -0.265. The molecule has 0 bridgehead atoms. The molecule has 4 N–H and O–H groups in total. The zero-order chi connectivity index (χ0) is 31.5. The van der Waals surface area contributed by atoms with Crippen molar-refractivity contribution < 1.29 is 41.7 Å². The predicted octanol–water partition coefficient (Wildman–Crippen LogP) is 3.75. The van der Waals surface area contributed by atoms with E-state index in [4.69, 9.17) is 26.8 Å². The summed E-state index contributed by atoms with van der Waals surface area (Å²) in [4.78, 5) is 29.5. The van der Waals surface area contributed by atoms with Crippen LogP contribution in [0, 0.1) is 5.82 Å². The van der Waals surface area contributed by atoms with E-state index in [1.807, 2.05) is 0 Å². The van der Waals surface area contributed by atoms with Gasteiger partial charge in [-0.15, -0.1) is 0 Å². The Hall–Kier alpha value is -4.43. The number of hydrogen-bond acceptors (Lipinski definition) is 7. The number of nitrogens with zero attached hydrogens (tertiary/aromatic N) is 3. The van der Waals surface area contributed by atoms with Crippen LogP contribution in [-0.2, 0) is 22.9 Å². The summed E-state index contributed by atoms with van der Waals surface area (Å²) in [5.41, 5.74) is -0.654. The standard InChI is InChI=1S/C28H24ClF4N5O5/c1-26(25(34)40)12-43-23-16(26)9-20(36-22(23)13-4-5-18(30)17(29)7-13)27(41,28(31,32)33)11-35-24(39)14-6-15-10-38(2)37-21(15)19(8-14)42-3/h4-10,41H,11-12H2,1-3H3,(H2,34,40)(H,35,39)/t26-,27?/m0/s1. The summed E-state index contributed by atoms with van der Waals surface area (Å²) in [5.74, 6) is -2.53. The zero-order valence-corrected chi connectivity index (χ0v) is 23.6. The molecule has 226 valence electrons. The van der Waals surface area contributed by atoms with E-state index in [0.29, 0.717) is 10.9 Å². The monoisotopic (exact) mass is 621 g/mol. The van der Waals surface area contributed by atoms with Crippen molar-refractivity contribution in [3.05, 3.63) is 70.3 Å². The molecule has 3 heterocycles. The van der Waals surface area contributed by atoms with Gasteiger partial charge in [0.2, 0.25) is 11.5 Å². The number of fused-ring (bicyclic) bond motifs is 2. The first-order chi connectivity index (χ1) is 20.1. The Morgan fingerprint density at radius 1 is 1.26 bits per heavy atom. The summed E-state index contributed by atoms with van der Waals surface area (Å²) in [6, 6.07) is 6.87. The van der Waals surface area contributed by atoms with Crippen LogP contribution in [0.3, 0.4) is 0 Å². The molecule has 0 fully saturated rings. The topological polar surface area (TPSA) is 142 Å². The Morgan fingerprint density at radius 2 is 1.98 bits per heavy atom. The average molecular weight is 622 g/mol. The number of carbonyl (C=O) groups excluding carboxylic acids is 2. The van der Waals surface area contributed by atoms with Crippen LogP contribution >= 0.6 is 11.6 Å². The summed E-state index contributed by atoms with van der Waals surface area (Å²) in [7, 11) is 3.00. The number of halogens is 5. The fourth-order valence-electron chi connectivity index (χ4n) is 4.79. The van der Waals surface area contributed by atoms with E-state index in [2.05, 4.69) is 15.4 Å². The van der Waals surface area contributed by atoms with E-state index in [1.54, 1.807) is 13.2 Å². The Balaban J connectivity index is 1.60. The summed E-state index contributed by atoms with van der Waals surface area (Å²) >= 11 is 5.92. The summed E-state index contributed by atoms with van der Waals surface area (Å²) < 4.78 is 70.3. The molecule has 15 heteroatoms. The summed E-state index contributed by atoms with van der Waals surface area (Å²) in [6.45, 7) is -0.334. The molecule has 2 atom stereocenters. The van der Waals surface area contributed by atoms with Crippen molar-refractivity contribution in [3.8, 4) is 22.8 Å². The number of aliphatic hydroxyl groups is 1. The van der Waals surface area contributed by atoms with Gasteiger partial charge in [-0.25, -0.2) is 9.37 Å². The lowest BCUT2D eigenvalue weighted by atomic mass is 9.81. The molecule has 43 heavy (non-hydrogen) atoms. The van der Waals surface area contributed by atoms with Crippen molar-refractivity contribution in [2.24, 2.45) is 12.8 Å². The number of nitrogens with two attached hydrogens (primary N) is 1. The van der Waals surface area contributed by atoms with Crippen LogP contribution in [0.5, 0.6) is 11.5 Å². The maximum Gasteiger partial charge on any atom is 0.424 e. The highest BCUT2D eigenvalue weighted by Gasteiger charge is 2.57. The molecule has 2 amide bonds. The number of pyridine rings is 1. The molecule has 0 saturated heterocycles. The molecule has 1 aliphatic rings. The van der Waals surface area contributed by atoms with Crippen LogP contribution in [0.1, 0.15) is 28.5 Å². The van der Waals surface area contributed by atoms with Crippen molar-refractivity contribution in [2.45, 2.75) is 24.1 Å². The maximum absolute atomic E-state index is 14.7. The quantitative estimate of drug-likeness (QED) is 0.267. The number of aryl methyl sites for hydroxylation is 1. The van der Waals surface area contributed by atoms with E-state index >= 15 is 0 Å². The number of aromatic nitrogens is 3. The van der Waals surface area contributed by atoms with Crippen molar-refractivity contribution in [2.75, 3.05) is 20.3 Å².